The number of piperidine rings is 1. The predicted molar refractivity (Wildman–Crippen MR) is 120 cm³/mol. The van der Waals surface area contributed by atoms with Crippen LogP contribution in [0.5, 0.6) is 0 Å². The Kier molecular flexibility index (Phi) is 7.59. The Hall–Kier alpha value is -2.55. The van der Waals surface area contributed by atoms with Crippen LogP contribution in [0.3, 0.4) is 0 Å². The minimum Gasteiger partial charge on any atom is -0.322 e. The first-order valence-electron chi connectivity index (χ1n) is 10.3. The summed E-state index contributed by atoms with van der Waals surface area (Å²) in [6.45, 7) is 8.73. The van der Waals surface area contributed by atoms with Gasteiger partial charge in [0.05, 0.1) is 0 Å². The molecule has 0 aliphatic carbocycles. The van der Waals surface area contributed by atoms with Crippen LogP contribution in [0.15, 0.2) is 60.0 Å². The lowest BCUT2D eigenvalue weighted by atomic mass is 9.99. The molecule has 1 fully saturated rings. The van der Waals surface area contributed by atoms with Gasteiger partial charge in [-0.15, -0.1) is 6.58 Å². The zero-order valence-electron chi connectivity index (χ0n) is 17.6. The number of carbonyl (C=O) groups excluding carboxylic acids is 1. The van der Waals surface area contributed by atoms with E-state index in [1.807, 2.05) is 24.3 Å². The SMILES string of the molecule is C=CCNS(=O)(=O)c1cc(C(=O)Nc2ccc(CN3CCC(C)CC3)cc2)ccc1F. The van der Waals surface area contributed by atoms with Crippen molar-refractivity contribution in [3.63, 3.8) is 0 Å². The van der Waals surface area contributed by atoms with Gasteiger partial charge in [-0.25, -0.2) is 17.5 Å². The van der Waals surface area contributed by atoms with Crippen molar-refractivity contribution in [1.82, 2.24) is 9.62 Å². The quantitative estimate of drug-likeness (QED) is 0.607. The average Bonchev–Trinajstić information content (AvgIpc) is 2.75. The molecule has 3 rings (SSSR count). The molecule has 1 amide bonds. The van der Waals surface area contributed by atoms with Crippen LogP contribution in [0, 0.1) is 11.7 Å². The number of likely N-dealkylation sites (tertiary alicyclic amines) is 1. The van der Waals surface area contributed by atoms with E-state index in [2.05, 4.69) is 28.4 Å². The lowest BCUT2D eigenvalue weighted by Gasteiger charge is -2.30. The molecule has 0 aromatic heterocycles. The van der Waals surface area contributed by atoms with Crippen molar-refractivity contribution in [3.8, 4) is 0 Å². The molecule has 0 bridgehead atoms. The second-order valence-electron chi connectivity index (χ2n) is 7.90. The zero-order chi connectivity index (χ0) is 22.4. The Labute approximate surface area is 183 Å². The number of rotatable bonds is 8. The predicted octanol–water partition coefficient (Wildman–Crippen LogP) is 3.77. The highest BCUT2D eigenvalue weighted by Crippen LogP contribution is 2.20. The summed E-state index contributed by atoms with van der Waals surface area (Å²) in [5, 5.41) is 2.73. The number of hydrogen-bond acceptors (Lipinski definition) is 4. The minimum absolute atomic E-state index is 0.0407. The van der Waals surface area contributed by atoms with Gasteiger partial charge in [0.25, 0.3) is 5.91 Å². The molecule has 1 aliphatic heterocycles. The Morgan fingerprint density at radius 1 is 1.19 bits per heavy atom. The van der Waals surface area contributed by atoms with Crippen LogP contribution in [0.1, 0.15) is 35.7 Å². The van der Waals surface area contributed by atoms with E-state index < -0.39 is 26.6 Å². The highest BCUT2D eigenvalue weighted by Gasteiger charge is 2.21. The Balaban J connectivity index is 1.66. The van der Waals surface area contributed by atoms with Gasteiger partial charge in [0, 0.05) is 24.3 Å². The van der Waals surface area contributed by atoms with Gasteiger partial charge in [0.2, 0.25) is 10.0 Å². The molecule has 0 atom stereocenters. The van der Waals surface area contributed by atoms with E-state index in [1.165, 1.54) is 25.0 Å². The smallest absolute Gasteiger partial charge is 0.255 e. The third kappa shape index (κ3) is 6.22. The first kappa shape index (κ1) is 23.1. The highest BCUT2D eigenvalue weighted by molar-refractivity contribution is 7.89. The maximum absolute atomic E-state index is 14.1. The van der Waals surface area contributed by atoms with E-state index in [1.54, 1.807) is 0 Å². The van der Waals surface area contributed by atoms with Crippen LogP contribution < -0.4 is 10.0 Å². The fourth-order valence-electron chi connectivity index (χ4n) is 3.47. The maximum atomic E-state index is 14.1. The molecule has 0 unspecified atom stereocenters. The van der Waals surface area contributed by atoms with Gasteiger partial charge < -0.3 is 5.32 Å². The van der Waals surface area contributed by atoms with E-state index in [9.17, 15) is 17.6 Å². The summed E-state index contributed by atoms with van der Waals surface area (Å²) in [5.41, 5.74) is 1.79. The van der Waals surface area contributed by atoms with Gasteiger partial charge in [0.15, 0.2) is 0 Å². The third-order valence-corrected chi connectivity index (χ3v) is 6.83. The molecule has 6 nitrogen and oxygen atoms in total. The monoisotopic (exact) mass is 445 g/mol. The molecule has 1 aliphatic rings. The molecule has 31 heavy (non-hydrogen) atoms. The molecule has 2 aromatic rings. The normalized spacial score (nSPS) is 15.5. The number of hydrogen-bond donors (Lipinski definition) is 2. The molecule has 0 radical (unpaired) electrons. The van der Waals surface area contributed by atoms with Crippen LogP contribution >= 0.6 is 0 Å². The van der Waals surface area contributed by atoms with E-state index in [-0.39, 0.29) is 12.1 Å². The maximum Gasteiger partial charge on any atom is 0.255 e. The summed E-state index contributed by atoms with van der Waals surface area (Å²) in [6.07, 6.45) is 3.78. The van der Waals surface area contributed by atoms with Gasteiger partial charge in [-0.1, -0.05) is 25.1 Å². The average molecular weight is 446 g/mol. The molecule has 2 N–H and O–H groups in total. The van der Waals surface area contributed by atoms with Crippen LogP contribution in [0.25, 0.3) is 0 Å². The standard InChI is InChI=1S/C23H28FN3O3S/c1-3-12-25-31(29,30)22-15-19(6-9-21(22)24)23(28)26-20-7-4-18(5-8-20)16-27-13-10-17(2)11-14-27/h3-9,15,17,25H,1,10-14,16H2,2H3,(H,26,28). The summed E-state index contributed by atoms with van der Waals surface area (Å²) in [6, 6.07) is 10.8. The summed E-state index contributed by atoms with van der Waals surface area (Å²) >= 11 is 0. The van der Waals surface area contributed by atoms with E-state index in [0.717, 1.165) is 43.2 Å². The van der Waals surface area contributed by atoms with Crippen molar-refractivity contribution < 1.29 is 17.6 Å². The van der Waals surface area contributed by atoms with E-state index in [4.69, 9.17) is 0 Å². The molecule has 8 heteroatoms. The second-order valence-corrected chi connectivity index (χ2v) is 9.63. The van der Waals surface area contributed by atoms with Crippen LogP contribution in [-0.4, -0.2) is 38.9 Å². The lowest BCUT2D eigenvalue weighted by Crippen LogP contribution is -2.32. The highest BCUT2D eigenvalue weighted by atomic mass is 32.2. The first-order valence-corrected chi connectivity index (χ1v) is 11.8. The summed E-state index contributed by atoms with van der Waals surface area (Å²) < 4.78 is 40.7. The number of nitrogens with one attached hydrogen (secondary N) is 2. The Bertz CT molecular complexity index is 1030. The number of nitrogens with zero attached hydrogens (tertiary/aromatic N) is 1. The number of sulfonamides is 1. The summed E-state index contributed by atoms with van der Waals surface area (Å²) in [5.74, 6) is -0.656. The zero-order valence-corrected chi connectivity index (χ0v) is 18.4. The minimum atomic E-state index is -4.09. The fourth-order valence-corrected chi connectivity index (χ4v) is 4.57. The molecular weight excluding hydrogens is 417 g/mol. The van der Waals surface area contributed by atoms with Gasteiger partial charge in [-0.3, -0.25) is 9.69 Å². The van der Waals surface area contributed by atoms with Crippen LogP contribution in [0.4, 0.5) is 10.1 Å². The Morgan fingerprint density at radius 3 is 2.52 bits per heavy atom. The first-order chi connectivity index (χ1) is 14.8. The van der Waals surface area contributed by atoms with Crippen molar-refractivity contribution in [1.29, 1.82) is 0 Å². The van der Waals surface area contributed by atoms with Gasteiger partial charge in [-0.2, -0.15) is 0 Å². The van der Waals surface area contributed by atoms with Crippen molar-refractivity contribution in [2.75, 3.05) is 25.0 Å². The van der Waals surface area contributed by atoms with Gasteiger partial charge in [-0.05, 0) is 67.7 Å². The molecule has 1 heterocycles. The van der Waals surface area contributed by atoms with Crippen molar-refractivity contribution in [2.24, 2.45) is 5.92 Å². The number of anilines is 1. The van der Waals surface area contributed by atoms with Crippen molar-refractivity contribution in [2.45, 2.75) is 31.2 Å². The molecule has 0 saturated carbocycles. The summed E-state index contributed by atoms with van der Waals surface area (Å²) in [7, 11) is -4.09. The second kappa shape index (κ2) is 10.2. The molecule has 0 spiro atoms. The van der Waals surface area contributed by atoms with E-state index >= 15 is 0 Å². The largest absolute Gasteiger partial charge is 0.322 e. The lowest BCUT2D eigenvalue weighted by molar-refractivity contribution is 0.102. The molecule has 2 aromatic carbocycles. The molecule has 1 saturated heterocycles. The van der Waals surface area contributed by atoms with Crippen molar-refractivity contribution in [3.05, 3.63) is 72.1 Å². The topological polar surface area (TPSA) is 78.5 Å². The number of amides is 1. The number of benzene rings is 2. The van der Waals surface area contributed by atoms with Gasteiger partial charge >= 0.3 is 0 Å². The molecule has 166 valence electrons. The number of halogens is 1. The summed E-state index contributed by atoms with van der Waals surface area (Å²) in [4.78, 5) is 14.4. The fraction of sp³-hybridized carbons (Fsp3) is 0.348. The van der Waals surface area contributed by atoms with E-state index in [0.29, 0.717) is 5.69 Å². The Morgan fingerprint density at radius 2 is 1.87 bits per heavy atom. The van der Waals surface area contributed by atoms with Crippen LogP contribution in [-0.2, 0) is 16.6 Å². The third-order valence-electron chi connectivity index (χ3n) is 5.39. The number of carbonyl (C=O) groups is 1. The van der Waals surface area contributed by atoms with Crippen molar-refractivity contribution >= 4 is 21.6 Å². The van der Waals surface area contributed by atoms with Gasteiger partial charge in [0.1, 0.15) is 10.7 Å². The van der Waals surface area contributed by atoms with Crippen LogP contribution in [0.2, 0.25) is 0 Å². The molecular formula is C23H28FN3O3S.